The van der Waals surface area contributed by atoms with Crippen LogP contribution in [0.5, 0.6) is 0 Å². The molecule has 0 unspecified atom stereocenters. The van der Waals surface area contributed by atoms with Gasteiger partial charge in [0.25, 0.3) is 0 Å². The first-order valence-electron chi connectivity index (χ1n) is 9.34. The minimum atomic E-state index is 0.223. The summed E-state index contributed by atoms with van der Waals surface area (Å²) in [5.41, 5.74) is 6.10. The average molecular weight is 364 g/mol. The summed E-state index contributed by atoms with van der Waals surface area (Å²) in [7, 11) is 0. The van der Waals surface area contributed by atoms with Crippen LogP contribution in [0.2, 0.25) is 0 Å². The molecule has 3 aromatic rings. The van der Waals surface area contributed by atoms with Crippen LogP contribution in [0.4, 0.5) is 11.6 Å². The van der Waals surface area contributed by atoms with Crippen molar-refractivity contribution in [3.63, 3.8) is 0 Å². The topological polar surface area (TPSA) is 76.7 Å². The highest BCUT2D eigenvalue weighted by Gasteiger charge is 2.14. The number of pyridine rings is 1. The molecular formula is C20H24N6O. The molecule has 4 rings (SSSR count). The van der Waals surface area contributed by atoms with Crippen LogP contribution in [-0.4, -0.2) is 44.5 Å². The fraction of sp³-hybridized carbons (Fsp3) is 0.400. The lowest BCUT2D eigenvalue weighted by molar-refractivity contribution is 0.0869. The van der Waals surface area contributed by atoms with Gasteiger partial charge >= 0.3 is 0 Å². The molecule has 27 heavy (non-hydrogen) atoms. The number of aromatic nitrogens is 4. The zero-order chi connectivity index (χ0) is 18.8. The molecular weight excluding hydrogens is 340 g/mol. The van der Waals surface area contributed by atoms with Gasteiger partial charge in [-0.2, -0.15) is 0 Å². The molecule has 0 aliphatic carbocycles. The smallest absolute Gasteiger partial charge is 0.241 e. The van der Waals surface area contributed by atoms with Crippen LogP contribution in [0.25, 0.3) is 16.8 Å². The van der Waals surface area contributed by atoms with Crippen molar-refractivity contribution in [3.05, 3.63) is 36.3 Å². The van der Waals surface area contributed by atoms with E-state index < -0.39 is 0 Å². The Kier molecular flexibility index (Phi) is 4.85. The van der Waals surface area contributed by atoms with Gasteiger partial charge in [0.2, 0.25) is 5.95 Å². The monoisotopic (exact) mass is 364 g/mol. The van der Waals surface area contributed by atoms with Crippen molar-refractivity contribution in [2.24, 2.45) is 4.99 Å². The Morgan fingerprint density at radius 1 is 1.22 bits per heavy atom. The van der Waals surface area contributed by atoms with Gasteiger partial charge in [0.1, 0.15) is 0 Å². The van der Waals surface area contributed by atoms with Crippen molar-refractivity contribution in [1.82, 2.24) is 19.6 Å². The largest absolute Gasteiger partial charge is 0.377 e. The molecule has 140 valence electrons. The summed E-state index contributed by atoms with van der Waals surface area (Å²) in [5, 5.41) is 7.71. The quantitative estimate of drug-likeness (QED) is 0.676. The van der Waals surface area contributed by atoms with Gasteiger partial charge in [-0.15, -0.1) is 5.10 Å². The second kappa shape index (κ2) is 7.44. The zero-order valence-electron chi connectivity index (χ0n) is 15.9. The fourth-order valence-electron chi connectivity index (χ4n) is 3.15. The number of hydrogen-bond donors (Lipinski definition) is 1. The molecule has 3 aromatic heterocycles. The van der Waals surface area contributed by atoms with Gasteiger partial charge in [-0.3, -0.25) is 9.98 Å². The van der Waals surface area contributed by atoms with Crippen LogP contribution >= 0.6 is 0 Å². The number of rotatable bonds is 6. The lowest BCUT2D eigenvalue weighted by atomic mass is 10.1. The Morgan fingerprint density at radius 3 is 2.96 bits per heavy atom. The second-order valence-corrected chi connectivity index (χ2v) is 7.00. The van der Waals surface area contributed by atoms with Gasteiger partial charge in [0.15, 0.2) is 0 Å². The normalized spacial score (nSPS) is 13.7. The standard InChI is InChI=1S/C20H24N6O/c1-13(2)27-11-9-21-20-22-12-19-15(8-10-26(19)25-20)16-6-7-17-18(24-16)5-4-14(3)23-17/h6-8,10,12-13H,4-5,9,11H2,1-3H3,(H,21,25). The Morgan fingerprint density at radius 2 is 2.11 bits per heavy atom. The van der Waals surface area contributed by atoms with Crippen molar-refractivity contribution in [2.45, 2.75) is 39.7 Å². The zero-order valence-corrected chi connectivity index (χ0v) is 15.9. The number of aryl methyl sites for hydroxylation is 1. The lowest BCUT2D eigenvalue weighted by Crippen LogP contribution is -2.15. The van der Waals surface area contributed by atoms with Crippen molar-refractivity contribution in [1.29, 1.82) is 0 Å². The molecule has 1 aliphatic heterocycles. The van der Waals surface area contributed by atoms with Crippen LogP contribution in [0.15, 0.2) is 35.6 Å². The first-order valence-corrected chi connectivity index (χ1v) is 9.34. The summed E-state index contributed by atoms with van der Waals surface area (Å²) < 4.78 is 7.35. The van der Waals surface area contributed by atoms with Gasteiger partial charge in [0, 0.05) is 24.0 Å². The molecule has 0 saturated heterocycles. The Balaban J connectivity index is 1.55. The summed E-state index contributed by atoms with van der Waals surface area (Å²) in [6.45, 7) is 7.40. The Hall–Kier alpha value is -2.80. The number of ether oxygens (including phenoxy) is 1. The van der Waals surface area contributed by atoms with E-state index in [2.05, 4.69) is 33.4 Å². The highest BCUT2D eigenvalue weighted by Crippen LogP contribution is 2.30. The third-order valence-corrected chi connectivity index (χ3v) is 4.51. The van der Waals surface area contributed by atoms with Crippen LogP contribution in [0.3, 0.4) is 0 Å². The maximum Gasteiger partial charge on any atom is 0.241 e. The lowest BCUT2D eigenvalue weighted by Gasteiger charge is -2.13. The fourth-order valence-corrected chi connectivity index (χ4v) is 3.15. The molecule has 0 aromatic carbocycles. The van der Waals surface area contributed by atoms with Gasteiger partial charge in [-0.05, 0) is 51.8 Å². The number of nitrogens with zero attached hydrogens (tertiary/aromatic N) is 5. The van der Waals surface area contributed by atoms with E-state index in [0.29, 0.717) is 19.1 Å². The first kappa shape index (κ1) is 17.6. The average Bonchev–Trinajstić information content (AvgIpc) is 3.08. The van der Waals surface area contributed by atoms with Crippen molar-refractivity contribution in [2.75, 3.05) is 18.5 Å². The van der Waals surface area contributed by atoms with Crippen LogP contribution < -0.4 is 5.32 Å². The highest BCUT2D eigenvalue weighted by atomic mass is 16.5. The van der Waals surface area contributed by atoms with Crippen LogP contribution in [0, 0.1) is 0 Å². The number of fused-ring (bicyclic) bond motifs is 2. The predicted molar refractivity (Wildman–Crippen MR) is 107 cm³/mol. The molecule has 0 atom stereocenters. The molecule has 4 heterocycles. The third-order valence-electron chi connectivity index (χ3n) is 4.51. The molecule has 0 saturated carbocycles. The minimum absolute atomic E-state index is 0.223. The van der Waals surface area contributed by atoms with Gasteiger partial charge in [0.05, 0.1) is 41.5 Å². The maximum absolute atomic E-state index is 5.52. The molecule has 7 heteroatoms. The number of aliphatic imine (C=N–C) groups is 1. The van der Waals surface area contributed by atoms with E-state index in [4.69, 9.17) is 9.72 Å². The summed E-state index contributed by atoms with van der Waals surface area (Å²) in [6, 6.07) is 6.10. The van der Waals surface area contributed by atoms with Crippen molar-refractivity contribution >= 4 is 22.9 Å². The van der Waals surface area contributed by atoms with Crippen LogP contribution in [-0.2, 0) is 11.2 Å². The molecule has 1 N–H and O–H groups in total. The number of anilines is 1. The summed E-state index contributed by atoms with van der Waals surface area (Å²) in [6.07, 6.45) is 5.90. The first-order chi connectivity index (χ1) is 13.1. The van der Waals surface area contributed by atoms with Crippen LogP contribution in [0.1, 0.15) is 32.9 Å². The molecule has 0 amide bonds. The number of hydrogen-bond acceptors (Lipinski definition) is 6. The number of nitrogens with one attached hydrogen (secondary N) is 1. The molecule has 7 nitrogen and oxygen atoms in total. The van der Waals surface area contributed by atoms with Gasteiger partial charge < -0.3 is 10.1 Å². The van der Waals surface area contributed by atoms with E-state index in [1.54, 1.807) is 0 Å². The maximum atomic E-state index is 5.52. The van der Waals surface area contributed by atoms with E-state index in [-0.39, 0.29) is 6.10 Å². The second-order valence-electron chi connectivity index (χ2n) is 7.00. The summed E-state index contributed by atoms with van der Waals surface area (Å²) in [5.74, 6) is 0.584. The van der Waals surface area contributed by atoms with Crippen molar-refractivity contribution < 1.29 is 4.74 Å². The molecule has 0 radical (unpaired) electrons. The predicted octanol–water partition coefficient (Wildman–Crippen LogP) is 3.67. The van der Waals surface area contributed by atoms with E-state index in [1.807, 2.05) is 42.9 Å². The van der Waals surface area contributed by atoms with E-state index in [1.165, 1.54) is 5.71 Å². The Labute approximate surface area is 158 Å². The highest BCUT2D eigenvalue weighted by molar-refractivity contribution is 5.87. The minimum Gasteiger partial charge on any atom is -0.377 e. The molecule has 0 bridgehead atoms. The summed E-state index contributed by atoms with van der Waals surface area (Å²) >= 11 is 0. The van der Waals surface area contributed by atoms with E-state index in [9.17, 15) is 0 Å². The summed E-state index contributed by atoms with van der Waals surface area (Å²) in [4.78, 5) is 13.9. The molecule has 1 aliphatic rings. The third kappa shape index (κ3) is 3.83. The Bertz CT molecular complexity index is 991. The van der Waals surface area contributed by atoms with E-state index >= 15 is 0 Å². The van der Waals surface area contributed by atoms with Gasteiger partial charge in [-0.25, -0.2) is 9.50 Å². The van der Waals surface area contributed by atoms with Gasteiger partial charge in [-0.1, -0.05) is 0 Å². The molecule has 0 fully saturated rings. The molecule has 0 spiro atoms. The van der Waals surface area contributed by atoms with Crippen molar-refractivity contribution in [3.8, 4) is 11.3 Å². The SMILES string of the molecule is CC1=Nc2ccc(-c3ccn4nc(NCCOC(C)C)ncc34)nc2CC1. The van der Waals surface area contributed by atoms with E-state index in [0.717, 1.165) is 41.0 Å².